The minimum absolute atomic E-state index is 0.733. The predicted molar refractivity (Wildman–Crippen MR) is 86.8 cm³/mol. The van der Waals surface area contributed by atoms with Gasteiger partial charge < -0.3 is 19.4 Å². The molecule has 0 radical (unpaired) electrons. The Labute approximate surface area is 128 Å². The SMILES string of the molecule is COc1cnc2[nH]cc(-c3ccc4c(c3)N(C)CCO4)c2c1. The molecular weight excluding hydrogens is 278 g/mol. The van der Waals surface area contributed by atoms with Crippen LogP contribution < -0.4 is 14.4 Å². The number of hydrogen-bond acceptors (Lipinski definition) is 4. The molecule has 0 bridgehead atoms. The Bertz CT molecular complexity index is 841. The maximum atomic E-state index is 5.71. The van der Waals surface area contributed by atoms with E-state index >= 15 is 0 Å². The molecule has 3 heterocycles. The van der Waals surface area contributed by atoms with Gasteiger partial charge in [-0.2, -0.15) is 0 Å². The number of anilines is 1. The molecule has 1 N–H and O–H groups in total. The Morgan fingerprint density at radius 2 is 2.23 bits per heavy atom. The van der Waals surface area contributed by atoms with Crippen LogP contribution in [0.15, 0.2) is 36.7 Å². The van der Waals surface area contributed by atoms with E-state index in [0.29, 0.717) is 0 Å². The normalized spacial score (nSPS) is 13.8. The summed E-state index contributed by atoms with van der Waals surface area (Å²) < 4.78 is 11.0. The van der Waals surface area contributed by atoms with E-state index in [1.165, 1.54) is 0 Å². The Balaban J connectivity index is 1.86. The summed E-state index contributed by atoms with van der Waals surface area (Å²) in [6.07, 6.45) is 3.71. The van der Waals surface area contributed by atoms with Crippen LogP contribution in [0, 0.1) is 0 Å². The zero-order valence-electron chi connectivity index (χ0n) is 12.6. The first-order valence-electron chi connectivity index (χ1n) is 7.26. The van der Waals surface area contributed by atoms with Crippen LogP contribution in [-0.4, -0.2) is 37.3 Å². The van der Waals surface area contributed by atoms with Gasteiger partial charge in [0.15, 0.2) is 0 Å². The Morgan fingerprint density at radius 3 is 3.09 bits per heavy atom. The molecule has 112 valence electrons. The van der Waals surface area contributed by atoms with Crippen molar-refractivity contribution in [1.29, 1.82) is 0 Å². The van der Waals surface area contributed by atoms with Gasteiger partial charge in [0.05, 0.1) is 25.5 Å². The number of H-pyrrole nitrogens is 1. The molecule has 0 atom stereocenters. The van der Waals surface area contributed by atoms with Gasteiger partial charge in [0.1, 0.15) is 23.8 Å². The lowest BCUT2D eigenvalue weighted by molar-refractivity contribution is 0.311. The number of nitrogens with zero attached hydrogens (tertiary/aromatic N) is 2. The van der Waals surface area contributed by atoms with Crippen molar-refractivity contribution >= 4 is 16.7 Å². The third kappa shape index (κ3) is 1.97. The van der Waals surface area contributed by atoms with E-state index in [9.17, 15) is 0 Å². The molecular formula is C17H17N3O2. The molecule has 0 spiro atoms. The van der Waals surface area contributed by atoms with E-state index in [1.807, 2.05) is 18.3 Å². The summed E-state index contributed by atoms with van der Waals surface area (Å²) in [5, 5.41) is 1.05. The van der Waals surface area contributed by atoms with E-state index in [0.717, 1.165) is 52.5 Å². The summed E-state index contributed by atoms with van der Waals surface area (Å²) in [5.74, 6) is 1.69. The highest BCUT2D eigenvalue weighted by Crippen LogP contribution is 2.37. The average Bonchev–Trinajstić information content (AvgIpc) is 2.98. The third-order valence-electron chi connectivity index (χ3n) is 4.11. The molecule has 0 saturated heterocycles. The van der Waals surface area contributed by atoms with Gasteiger partial charge in [-0.05, 0) is 23.8 Å². The van der Waals surface area contributed by atoms with Crippen molar-refractivity contribution in [2.24, 2.45) is 0 Å². The van der Waals surface area contributed by atoms with E-state index in [2.05, 4.69) is 34.0 Å². The number of hydrogen-bond donors (Lipinski definition) is 1. The van der Waals surface area contributed by atoms with Crippen molar-refractivity contribution in [3.05, 3.63) is 36.7 Å². The van der Waals surface area contributed by atoms with Gasteiger partial charge in [-0.3, -0.25) is 0 Å². The molecule has 5 heteroatoms. The molecule has 3 aromatic rings. The summed E-state index contributed by atoms with van der Waals surface area (Å²) in [7, 11) is 3.74. The summed E-state index contributed by atoms with van der Waals surface area (Å²) in [4.78, 5) is 9.82. The number of nitrogens with one attached hydrogen (secondary N) is 1. The highest BCUT2D eigenvalue weighted by molar-refractivity contribution is 5.95. The van der Waals surface area contributed by atoms with Crippen LogP contribution in [0.2, 0.25) is 0 Å². The molecule has 2 aromatic heterocycles. The van der Waals surface area contributed by atoms with Crippen molar-refractivity contribution in [2.45, 2.75) is 0 Å². The number of aromatic amines is 1. The maximum absolute atomic E-state index is 5.71. The molecule has 5 nitrogen and oxygen atoms in total. The molecule has 0 unspecified atom stereocenters. The fourth-order valence-corrected chi connectivity index (χ4v) is 2.85. The lowest BCUT2D eigenvalue weighted by Crippen LogP contribution is -2.28. The van der Waals surface area contributed by atoms with E-state index < -0.39 is 0 Å². The van der Waals surface area contributed by atoms with Gasteiger partial charge >= 0.3 is 0 Å². The van der Waals surface area contributed by atoms with Gasteiger partial charge in [0.25, 0.3) is 0 Å². The van der Waals surface area contributed by atoms with Crippen molar-refractivity contribution < 1.29 is 9.47 Å². The summed E-state index contributed by atoms with van der Waals surface area (Å²) in [6, 6.07) is 8.29. The fraction of sp³-hybridized carbons (Fsp3) is 0.235. The van der Waals surface area contributed by atoms with Gasteiger partial charge in [-0.1, -0.05) is 6.07 Å². The standard InChI is InChI=1S/C17H17N3O2/c1-20-5-6-22-16-4-3-11(7-15(16)20)14-10-19-17-13(14)8-12(21-2)9-18-17/h3-4,7-10H,5-6H2,1-2H3,(H,18,19). The quantitative estimate of drug-likeness (QED) is 0.789. The Morgan fingerprint density at radius 1 is 1.32 bits per heavy atom. The number of likely N-dealkylation sites (N-methyl/N-ethyl adjacent to an activating group) is 1. The van der Waals surface area contributed by atoms with Crippen LogP contribution in [-0.2, 0) is 0 Å². The number of methoxy groups -OCH3 is 1. The molecule has 0 saturated carbocycles. The topological polar surface area (TPSA) is 50.4 Å². The van der Waals surface area contributed by atoms with Crippen LogP contribution in [0.4, 0.5) is 5.69 Å². The molecule has 0 aliphatic carbocycles. The van der Waals surface area contributed by atoms with Crippen LogP contribution in [0.1, 0.15) is 0 Å². The number of aromatic nitrogens is 2. The monoisotopic (exact) mass is 295 g/mol. The first kappa shape index (κ1) is 13.0. The van der Waals surface area contributed by atoms with E-state index in [-0.39, 0.29) is 0 Å². The number of pyridine rings is 1. The molecule has 1 aromatic carbocycles. The number of benzene rings is 1. The van der Waals surface area contributed by atoms with Crippen molar-refractivity contribution in [1.82, 2.24) is 9.97 Å². The number of ether oxygens (including phenoxy) is 2. The highest BCUT2D eigenvalue weighted by Gasteiger charge is 2.17. The second-order valence-electron chi connectivity index (χ2n) is 5.43. The highest BCUT2D eigenvalue weighted by atomic mass is 16.5. The van der Waals surface area contributed by atoms with Crippen molar-refractivity contribution in [3.63, 3.8) is 0 Å². The van der Waals surface area contributed by atoms with Gasteiger partial charge in [-0.25, -0.2) is 4.98 Å². The van der Waals surface area contributed by atoms with Gasteiger partial charge in [0.2, 0.25) is 0 Å². The summed E-state index contributed by atoms with van der Waals surface area (Å²) in [5.41, 5.74) is 4.23. The maximum Gasteiger partial charge on any atom is 0.142 e. The van der Waals surface area contributed by atoms with Gasteiger partial charge in [-0.15, -0.1) is 0 Å². The summed E-state index contributed by atoms with van der Waals surface area (Å²) in [6.45, 7) is 1.64. The van der Waals surface area contributed by atoms with Crippen LogP contribution in [0.5, 0.6) is 11.5 Å². The average molecular weight is 295 g/mol. The molecule has 1 aliphatic heterocycles. The van der Waals surface area contributed by atoms with E-state index in [4.69, 9.17) is 9.47 Å². The van der Waals surface area contributed by atoms with E-state index in [1.54, 1.807) is 13.3 Å². The van der Waals surface area contributed by atoms with Gasteiger partial charge in [0, 0.05) is 24.2 Å². The molecule has 22 heavy (non-hydrogen) atoms. The molecule has 4 rings (SSSR count). The summed E-state index contributed by atoms with van der Waals surface area (Å²) >= 11 is 0. The number of fused-ring (bicyclic) bond motifs is 2. The van der Waals surface area contributed by atoms with Crippen LogP contribution in [0.3, 0.4) is 0 Å². The van der Waals surface area contributed by atoms with Crippen molar-refractivity contribution in [3.8, 4) is 22.6 Å². The smallest absolute Gasteiger partial charge is 0.142 e. The first-order chi connectivity index (χ1) is 10.8. The first-order valence-corrected chi connectivity index (χ1v) is 7.26. The fourth-order valence-electron chi connectivity index (χ4n) is 2.85. The molecule has 0 amide bonds. The Kier molecular flexibility index (Phi) is 2.92. The van der Waals surface area contributed by atoms with Crippen LogP contribution >= 0.6 is 0 Å². The molecule has 1 aliphatic rings. The second-order valence-corrected chi connectivity index (χ2v) is 5.43. The zero-order valence-corrected chi connectivity index (χ0v) is 12.6. The van der Waals surface area contributed by atoms with Crippen LogP contribution in [0.25, 0.3) is 22.2 Å². The zero-order chi connectivity index (χ0) is 15.1. The second kappa shape index (κ2) is 4.94. The largest absolute Gasteiger partial charge is 0.495 e. The predicted octanol–water partition coefficient (Wildman–Crippen LogP) is 3.07. The minimum atomic E-state index is 0.733. The molecule has 0 fully saturated rings. The lowest BCUT2D eigenvalue weighted by atomic mass is 10.0. The minimum Gasteiger partial charge on any atom is -0.495 e. The Hall–Kier alpha value is -2.69. The third-order valence-corrected chi connectivity index (χ3v) is 4.11. The lowest BCUT2D eigenvalue weighted by Gasteiger charge is -2.28. The van der Waals surface area contributed by atoms with Crippen molar-refractivity contribution in [2.75, 3.05) is 32.2 Å². The number of rotatable bonds is 2.